The van der Waals surface area contributed by atoms with Crippen molar-refractivity contribution in [2.24, 2.45) is 0 Å². The van der Waals surface area contributed by atoms with E-state index in [1.165, 1.54) is 36.8 Å². The van der Waals surface area contributed by atoms with E-state index in [-0.39, 0.29) is 6.10 Å². The Bertz CT molecular complexity index is 276. The normalized spacial score (nSPS) is 12.7. The Morgan fingerprint density at radius 1 is 1.00 bits per heavy atom. The highest BCUT2D eigenvalue weighted by molar-refractivity contribution is 5.23. The fraction of sp³-hybridized carbons (Fsp3) is 0.600. The molecule has 1 heteroatoms. The van der Waals surface area contributed by atoms with Crippen molar-refractivity contribution in [2.45, 2.75) is 58.5 Å². The quantitative estimate of drug-likeness (QED) is 0.694. The Morgan fingerprint density at radius 3 is 2.19 bits per heavy atom. The highest BCUT2D eigenvalue weighted by Gasteiger charge is 2.02. The Kier molecular flexibility index (Phi) is 6.17. The molecule has 90 valence electrons. The van der Waals surface area contributed by atoms with Gasteiger partial charge in [0, 0.05) is 0 Å². The van der Waals surface area contributed by atoms with Gasteiger partial charge in [-0.15, -0.1) is 0 Å². The fourth-order valence-electron chi connectivity index (χ4n) is 1.84. The van der Waals surface area contributed by atoms with Crippen LogP contribution in [-0.4, -0.2) is 11.2 Å². The van der Waals surface area contributed by atoms with Gasteiger partial charge in [-0.3, -0.25) is 0 Å². The summed E-state index contributed by atoms with van der Waals surface area (Å²) in [5.74, 6) is 0. The first-order valence-electron chi connectivity index (χ1n) is 6.52. The molecule has 1 aromatic carbocycles. The number of aryl methyl sites for hydroxylation is 1. The molecule has 0 saturated carbocycles. The lowest BCUT2D eigenvalue weighted by atomic mass is 10.0. The summed E-state index contributed by atoms with van der Waals surface area (Å²) in [6.07, 6.45) is 6.49. The Hall–Kier alpha value is -0.820. The minimum atomic E-state index is -0.189. The first-order valence-corrected chi connectivity index (χ1v) is 6.52. The Labute approximate surface area is 99.5 Å². The molecule has 0 aliphatic heterocycles. The van der Waals surface area contributed by atoms with Crippen molar-refractivity contribution in [2.75, 3.05) is 0 Å². The van der Waals surface area contributed by atoms with E-state index < -0.39 is 0 Å². The van der Waals surface area contributed by atoms with Gasteiger partial charge in [0.2, 0.25) is 0 Å². The van der Waals surface area contributed by atoms with E-state index in [1.807, 2.05) is 6.92 Å². The van der Waals surface area contributed by atoms with Crippen LogP contribution in [0.4, 0.5) is 0 Å². The lowest BCUT2D eigenvalue weighted by molar-refractivity contribution is 0.171. The van der Waals surface area contributed by atoms with Gasteiger partial charge in [-0.1, -0.05) is 51.0 Å². The molecule has 0 aromatic heterocycles. The summed E-state index contributed by atoms with van der Waals surface area (Å²) in [5, 5.41) is 9.55. The first kappa shape index (κ1) is 13.2. The molecule has 0 bridgehead atoms. The van der Waals surface area contributed by atoms with Crippen molar-refractivity contribution in [3.8, 4) is 0 Å². The number of rotatable bonds is 7. The van der Waals surface area contributed by atoms with E-state index in [0.29, 0.717) is 0 Å². The smallest absolute Gasteiger partial charge is 0.0577 e. The maximum absolute atomic E-state index is 9.55. The van der Waals surface area contributed by atoms with Crippen molar-refractivity contribution < 1.29 is 5.11 Å². The molecule has 1 unspecified atom stereocenters. The molecule has 0 heterocycles. The van der Waals surface area contributed by atoms with Crippen molar-refractivity contribution >= 4 is 0 Å². The summed E-state index contributed by atoms with van der Waals surface area (Å²) in [6.45, 7) is 4.25. The van der Waals surface area contributed by atoms with Gasteiger partial charge in [-0.25, -0.2) is 0 Å². The summed E-state index contributed by atoms with van der Waals surface area (Å²) in [6, 6.07) is 8.71. The molecule has 0 amide bonds. The van der Waals surface area contributed by atoms with Crippen LogP contribution < -0.4 is 0 Å². The summed E-state index contributed by atoms with van der Waals surface area (Å²) < 4.78 is 0. The number of hydrogen-bond donors (Lipinski definition) is 1. The standard InChI is InChI=1S/C15H24O/c1-3-5-6-7-13-8-10-14(11-9-13)12-15(16)4-2/h8-11,15-16H,3-7,12H2,1-2H3. The van der Waals surface area contributed by atoms with Gasteiger partial charge < -0.3 is 5.11 Å². The van der Waals surface area contributed by atoms with Crippen LogP contribution in [0.25, 0.3) is 0 Å². The second-order valence-corrected chi connectivity index (χ2v) is 4.54. The van der Waals surface area contributed by atoms with Gasteiger partial charge in [0.15, 0.2) is 0 Å². The van der Waals surface area contributed by atoms with E-state index in [2.05, 4.69) is 31.2 Å². The van der Waals surface area contributed by atoms with Gasteiger partial charge in [0.1, 0.15) is 0 Å². The van der Waals surface area contributed by atoms with Gasteiger partial charge in [0.25, 0.3) is 0 Å². The van der Waals surface area contributed by atoms with Crippen LogP contribution in [0.1, 0.15) is 50.7 Å². The van der Waals surface area contributed by atoms with Crippen molar-refractivity contribution in [1.29, 1.82) is 0 Å². The number of hydrogen-bond acceptors (Lipinski definition) is 1. The van der Waals surface area contributed by atoms with Crippen LogP contribution in [0.3, 0.4) is 0 Å². The molecule has 1 nitrogen and oxygen atoms in total. The van der Waals surface area contributed by atoms with Crippen LogP contribution in [-0.2, 0) is 12.8 Å². The molecule has 0 fully saturated rings. The van der Waals surface area contributed by atoms with E-state index in [1.54, 1.807) is 0 Å². The summed E-state index contributed by atoms with van der Waals surface area (Å²) in [5.41, 5.74) is 2.66. The zero-order chi connectivity index (χ0) is 11.8. The molecule has 1 rings (SSSR count). The largest absolute Gasteiger partial charge is 0.393 e. The lowest BCUT2D eigenvalue weighted by Gasteiger charge is -2.08. The van der Waals surface area contributed by atoms with Gasteiger partial charge in [-0.05, 0) is 36.8 Å². The van der Waals surface area contributed by atoms with Crippen molar-refractivity contribution in [3.63, 3.8) is 0 Å². The van der Waals surface area contributed by atoms with Crippen molar-refractivity contribution in [3.05, 3.63) is 35.4 Å². The van der Waals surface area contributed by atoms with E-state index in [4.69, 9.17) is 0 Å². The highest BCUT2D eigenvalue weighted by atomic mass is 16.3. The van der Waals surface area contributed by atoms with Gasteiger partial charge in [0.05, 0.1) is 6.10 Å². The maximum Gasteiger partial charge on any atom is 0.0577 e. The van der Waals surface area contributed by atoms with Gasteiger partial charge >= 0.3 is 0 Å². The first-order chi connectivity index (χ1) is 7.76. The molecule has 1 aromatic rings. The van der Waals surface area contributed by atoms with E-state index in [0.717, 1.165) is 12.8 Å². The van der Waals surface area contributed by atoms with Crippen LogP contribution in [0.2, 0.25) is 0 Å². The third kappa shape index (κ3) is 4.80. The monoisotopic (exact) mass is 220 g/mol. The van der Waals surface area contributed by atoms with E-state index in [9.17, 15) is 5.11 Å². The third-order valence-electron chi connectivity index (χ3n) is 3.03. The minimum absolute atomic E-state index is 0.189. The summed E-state index contributed by atoms with van der Waals surface area (Å²) >= 11 is 0. The minimum Gasteiger partial charge on any atom is -0.393 e. The van der Waals surface area contributed by atoms with Crippen LogP contribution in [0.15, 0.2) is 24.3 Å². The summed E-state index contributed by atoms with van der Waals surface area (Å²) in [7, 11) is 0. The molecule has 0 spiro atoms. The summed E-state index contributed by atoms with van der Waals surface area (Å²) in [4.78, 5) is 0. The zero-order valence-electron chi connectivity index (χ0n) is 10.6. The number of unbranched alkanes of at least 4 members (excludes halogenated alkanes) is 2. The zero-order valence-corrected chi connectivity index (χ0v) is 10.6. The van der Waals surface area contributed by atoms with Crippen molar-refractivity contribution in [1.82, 2.24) is 0 Å². The Morgan fingerprint density at radius 2 is 1.62 bits per heavy atom. The third-order valence-corrected chi connectivity index (χ3v) is 3.03. The van der Waals surface area contributed by atoms with Crippen LogP contribution >= 0.6 is 0 Å². The second-order valence-electron chi connectivity index (χ2n) is 4.54. The van der Waals surface area contributed by atoms with E-state index >= 15 is 0 Å². The predicted octanol–water partition coefficient (Wildman–Crippen LogP) is 3.73. The SMILES string of the molecule is CCCCCc1ccc(CC(O)CC)cc1. The molecule has 1 atom stereocenters. The number of aliphatic hydroxyl groups is 1. The molecule has 0 radical (unpaired) electrons. The maximum atomic E-state index is 9.55. The molecular weight excluding hydrogens is 196 g/mol. The topological polar surface area (TPSA) is 20.2 Å². The second kappa shape index (κ2) is 7.45. The lowest BCUT2D eigenvalue weighted by Crippen LogP contribution is -2.08. The predicted molar refractivity (Wildman–Crippen MR) is 69.7 cm³/mol. The number of benzene rings is 1. The molecular formula is C15H24O. The highest BCUT2D eigenvalue weighted by Crippen LogP contribution is 2.11. The van der Waals surface area contributed by atoms with Crippen LogP contribution in [0, 0.1) is 0 Å². The molecule has 16 heavy (non-hydrogen) atoms. The molecule has 1 N–H and O–H groups in total. The fourth-order valence-corrected chi connectivity index (χ4v) is 1.84. The van der Waals surface area contributed by atoms with Gasteiger partial charge in [-0.2, -0.15) is 0 Å². The molecule has 0 aliphatic rings. The molecule has 0 saturated heterocycles. The average Bonchev–Trinajstić information content (AvgIpc) is 2.31. The average molecular weight is 220 g/mol. The Balaban J connectivity index is 2.41. The number of aliphatic hydroxyl groups excluding tert-OH is 1. The van der Waals surface area contributed by atoms with Crippen LogP contribution in [0.5, 0.6) is 0 Å². The molecule has 0 aliphatic carbocycles.